The molecule has 6 nitrogen and oxygen atoms in total. The van der Waals surface area contributed by atoms with Crippen LogP contribution in [0.25, 0.3) is 16.7 Å². The van der Waals surface area contributed by atoms with Crippen LogP contribution in [0.5, 0.6) is 0 Å². The lowest BCUT2D eigenvalue weighted by Crippen LogP contribution is -2.23. The van der Waals surface area contributed by atoms with Crippen LogP contribution in [-0.4, -0.2) is 25.7 Å². The minimum Gasteiger partial charge on any atom is -0.348 e. The average molecular weight is 367 g/mol. The molecule has 0 fully saturated rings. The molecule has 0 aliphatic carbocycles. The summed E-state index contributed by atoms with van der Waals surface area (Å²) in [5, 5.41) is 7.07. The second-order valence-electron chi connectivity index (χ2n) is 5.77. The zero-order valence-corrected chi connectivity index (χ0v) is 14.3. The number of aromatic nitrogens is 4. The number of rotatable bonds is 4. The van der Waals surface area contributed by atoms with E-state index >= 15 is 0 Å². The number of fused-ring (bicyclic) bond motifs is 1. The van der Waals surface area contributed by atoms with Gasteiger partial charge in [-0.15, -0.1) is 0 Å². The Morgan fingerprint density at radius 2 is 2.04 bits per heavy atom. The van der Waals surface area contributed by atoms with Crippen LogP contribution >= 0.6 is 12.2 Å². The summed E-state index contributed by atoms with van der Waals surface area (Å²) in [6.07, 6.45) is 3.51. The van der Waals surface area contributed by atoms with Crippen LogP contribution in [0, 0.1) is 10.6 Å². The van der Waals surface area contributed by atoms with Crippen LogP contribution in [0.3, 0.4) is 0 Å². The van der Waals surface area contributed by atoms with Crippen molar-refractivity contribution in [3.05, 3.63) is 76.6 Å². The third-order valence-corrected chi connectivity index (χ3v) is 4.15. The standard InChI is InChI=1S/C18H14FN5OS/c19-12-6-14(16-15(7-12)22-18(26)23-16)17(25)20-8-11-9-21-24(10-11)13-4-2-1-3-5-13/h1-7,9-10H,8H2,(H,20,25)(H2,22,23,26). The molecule has 3 N–H and O–H groups in total. The first-order valence-electron chi connectivity index (χ1n) is 7.89. The quantitative estimate of drug-likeness (QED) is 0.483. The van der Waals surface area contributed by atoms with Gasteiger partial charge in [0, 0.05) is 18.3 Å². The van der Waals surface area contributed by atoms with Gasteiger partial charge >= 0.3 is 0 Å². The van der Waals surface area contributed by atoms with Crippen molar-refractivity contribution in [2.75, 3.05) is 0 Å². The third kappa shape index (κ3) is 3.14. The number of hydrogen-bond donors (Lipinski definition) is 3. The van der Waals surface area contributed by atoms with E-state index in [1.807, 2.05) is 36.5 Å². The predicted octanol–water partition coefficient (Wildman–Crippen LogP) is 3.48. The number of nitrogens with zero attached hydrogens (tertiary/aromatic N) is 2. The Balaban J connectivity index is 1.53. The van der Waals surface area contributed by atoms with Crippen molar-refractivity contribution in [3.63, 3.8) is 0 Å². The van der Waals surface area contributed by atoms with Crippen LogP contribution in [0.1, 0.15) is 15.9 Å². The van der Waals surface area contributed by atoms with Crippen molar-refractivity contribution in [2.24, 2.45) is 0 Å². The average Bonchev–Trinajstić information content (AvgIpc) is 3.25. The summed E-state index contributed by atoms with van der Waals surface area (Å²) in [5.74, 6) is -0.906. The number of imidazole rings is 1. The number of H-pyrrole nitrogens is 2. The second-order valence-corrected chi connectivity index (χ2v) is 6.17. The molecule has 4 aromatic rings. The van der Waals surface area contributed by atoms with E-state index in [1.54, 1.807) is 10.9 Å². The molecule has 0 bridgehead atoms. The van der Waals surface area contributed by atoms with E-state index in [1.165, 1.54) is 12.1 Å². The van der Waals surface area contributed by atoms with Crippen LogP contribution in [0.15, 0.2) is 54.9 Å². The van der Waals surface area contributed by atoms with E-state index in [4.69, 9.17) is 12.2 Å². The van der Waals surface area contributed by atoms with Gasteiger partial charge in [0.25, 0.3) is 5.91 Å². The Labute approximate surface area is 152 Å². The summed E-state index contributed by atoms with van der Waals surface area (Å²) in [7, 11) is 0. The summed E-state index contributed by atoms with van der Waals surface area (Å²) in [5.41, 5.74) is 2.89. The largest absolute Gasteiger partial charge is 0.348 e. The maximum atomic E-state index is 13.8. The van der Waals surface area contributed by atoms with E-state index in [9.17, 15) is 9.18 Å². The fourth-order valence-electron chi connectivity index (χ4n) is 2.74. The first-order valence-corrected chi connectivity index (χ1v) is 8.30. The minimum atomic E-state index is -0.509. The zero-order valence-electron chi connectivity index (χ0n) is 13.5. The van der Waals surface area contributed by atoms with Crippen molar-refractivity contribution in [1.29, 1.82) is 0 Å². The molecule has 0 spiro atoms. The van der Waals surface area contributed by atoms with Crippen LogP contribution in [0.4, 0.5) is 4.39 Å². The molecule has 0 saturated heterocycles. The Hall–Kier alpha value is -3.26. The lowest BCUT2D eigenvalue weighted by molar-refractivity contribution is 0.0952. The first-order chi connectivity index (χ1) is 12.6. The molecule has 4 rings (SSSR count). The van der Waals surface area contributed by atoms with Crippen molar-refractivity contribution in [3.8, 4) is 5.69 Å². The number of benzene rings is 2. The molecule has 2 aromatic heterocycles. The fourth-order valence-corrected chi connectivity index (χ4v) is 2.95. The molecule has 0 aliphatic heterocycles. The molecule has 2 aromatic carbocycles. The van der Waals surface area contributed by atoms with Crippen molar-refractivity contribution < 1.29 is 9.18 Å². The number of carbonyl (C=O) groups excluding carboxylic acids is 1. The maximum Gasteiger partial charge on any atom is 0.253 e. The number of amides is 1. The molecule has 8 heteroatoms. The molecule has 0 atom stereocenters. The summed E-state index contributed by atoms with van der Waals surface area (Å²) >= 11 is 5.02. The summed E-state index contributed by atoms with van der Waals surface area (Å²) in [6.45, 7) is 0.273. The van der Waals surface area contributed by atoms with Gasteiger partial charge in [0.1, 0.15) is 5.82 Å². The first kappa shape index (κ1) is 16.2. The third-order valence-electron chi connectivity index (χ3n) is 3.94. The highest BCUT2D eigenvalue weighted by atomic mass is 32.1. The van der Waals surface area contributed by atoms with Gasteiger partial charge in [-0.25, -0.2) is 9.07 Å². The fraction of sp³-hybridized carbons (Fsp3) is 0.0556. The monoisotopic (exact) mass is 367 g/mol. The Kier molecular flexibility index (Phi) is 4.10. The molecule has 2 heterocycles. The highest BCUT2D eigenvalue weighted by Crippen LogP contribution is 2.18. The van der Waals surface area contributed by atoms with Gasteiger partial charge in [-0.1, -0.05) is 18.2 Å². The summed E-state index contributed by atoms with van der Waals surface area (Å²) < 4.78 is 15.8. The van der Waals surface area contributed by atoms with E-state index < -0.39 is 11.7 Å². The van der Waals surface area contributed by atoms with Gasteiger partial charge < -0.3 is 15.3 Å². The summed E-state index contributed by atoms with van der Waals surface area (Å²) in [6, 6.07) is 12.1. The molecular weight excluding hydrogens is 353 g/mol. The number of carbonyl (C=O) groups is 1. The van der Waals surface area contributed by atoms with Crippen LogP contribution < -0.4 is 5.32 Å². The van der Waals surface area contributed by atoms with Crippen molar-refractivity contribution >= 4 is 29.2 Å². The molecule has 0 saturated carbocycles. The van der Waals surface area contributed by atoms with Crippen molar-refractivity contribution in [1.82, 2.24) is 25.1 Å². The van der Waals surface area contributed by atoms with E-state index in [2.05, 4.69) is 20.4 Å². The van der Waals surface area contributed by atoms with Gasteiger partial charge in [-0.3, -0.25) is 4.79 Å². The molecule has 0 radical (unpaired) electrons. The minimum absolute atomic E-state index is 0.197. The lowest BCUT2D eigenvalue weighted by Gasteiger charge is -2.05. The molecule has 26 heavy (non-hydrogen) atoms. The summed E-state index contributed by atoms with van der Waals surface area (Å²) in [4.78, 5) is 18.2. The predicted molar refractivity (Wildman–Crippen MR) is 98.2 cm³/mol. The number of hydrogen-bond acceptors (Lipinski definition) is 3. The van der Waals surface area contributed by atoms with E-state index in [0.717, 1.165) is 11.3 Å². The Morgan fingerprint density at radius 1 is 1.23 bits per heavy atom. The molecule has 1 amide bonds. The highest BCUT2D eigenvalue weighted by molar-refractivity contribution is 7.71. The molecular formula is C18H14FN5OS. The SMILES string of the molecule is O=C(NCc1cnn(-c2ccccc2)c1)c1cc(F)cc2[nH]c(=S)[nH]c12. The second kappa shape index (κ2) is 6.57. The smallest absolute Gasteiger partial charge is 0.253 e. The normalized spacial score (nSPS) is 11.0. The molecule has 130 valence electrons. The number of nitrogens with one attached hydrogen (secondary N) is 3. The van der Waals surface area contributed by atoms with Gasteiger partial charge in [-0.2, -0.15) is 5.10 Å². The van der Waals surface area contributed by atoms with E-state index in [0.29, 0.717) is 15.8 Å². The van der Waals surface area contributed by atoms with Crippen molar-refractivity contribution in [2.45, 2.75) is 6.54 Å². The lowest BCUT2D eigenvalue weighted by atomic mass is 10.1. The Bertz CT molecular complexity index is 1150. The van der Waals surface area contributed by atoms with Gasteiger partial charge in [0.05, 0.1) is 28.5 Å². The van der Waals surface area contributed by atoms with Crippen LogP contribution in [-0.2, 0) is 6.54 Å². The molecule has 0 unspecified atom stereocenters. The Morgan fingerprint density at radius 3 is 2.85 bits per heavy atom. The van der Waals surface area contributed by atoms with E-state index in [-0.39, 0.29) is 12.1 Å². The zero-order chi connectivity index (χ0) is 18.1. The van der Waals surface area contributed by atoms with Gasteiger partial charge in [0.15, 0.2) is 4.77 Å². The number of aromatic amines is 2. The number of para-hydroxylation sites is 1. The van der Waals surface area contributed by atoms with Crippen LogP contribution in [0.2, 0.25) is 0 Å². The topological polar surface area (TPSA) is 78.5 Å². The van der Waals surface area contributed by atoms with Gasteiger partial charge in [0.2, 0.25) is 0 Å². The maximum absolute atomic E-state index is 13.8. The number of halogens is 1. The van der Waals surface area contributed by atoms with Gasteiger partial charge in [-0.05, 0) is 36.5 Å². The highest BCUT2D eigenvalue weighted by Gasteiger charge is 2.14. The molecule has 0 aliphatic rings.